The summed E-state index contributed by atoms with van der Waals surface area (Å²) in [6, 6.07) is 7.44. The molecule has 1 saturated heterocycles. The Morgan fingerprint density at radius 2 is 2.05 bits per heavy atom. The van der Waals surface area contributed by atoms with E-state index in [0.29, 0.717) is 24.5 Å². The van der Waals surface area contributed by atoms with Gasteiger partial charge in [-0.1, -0.05) is 19.1 Å². The molecule has 1 amide bonds. The smallest absolute Gasteiger partial charge is 0.238 e. The Morgan fingerprint density at radius 3 is 2.67 bits per heavy atom. The van der Waals surface area contributed by atoms with Gasteiger partial charge in [-0.05, 0) is 50.0 Å². The van der Waals surface area contributed by atoms with Crippen molar-refractivity contribution in [3.8, 4) is 5.75 Å². The number of piperidine rings is 1. The number of carbonyl (C=O) groups is 1. The number of nitrogens with two attached hydrogens (primary N) is 1. The summed E-state index contributed by atoms with van der Waals surface area (Å²) in [5.74, 6) is 0.677. The number of para-hydroxylation sites is 2. The number of hydrogen-bond donors (Lipinski definition) is 2. The molecule has 0 saturated carbocycles. The summed E-state index contributed by atoms with van der Waals surface area (Å²) >= 11 is 0. The third kappa shape index (κ3) is 4.19. The minimum absolute atomic E-state index is 0.00384. The molecule has 1 aliphatic rings. The van der Waals surface area contributed by atoms with E-state index in [-0.39, 0.29) is 11.3 Å². The Kier molecular flexibility index (Phi) is 5.20. The van der Waals surface area contributed by atoms with Crippen molar-refractivity contribution in [2.24, 2.45) is 11.1 Å². The average Bonchev–Trinajstić information content (AvgIpc) is 2.50. The van der Waals surface area contributed by atoms with Crippen LogP contribution in [-0.2, 0) is 4.79 Å². The lowest BCUT2D eigenvalue weighted by Crippen LogP contribution is -2.44. The molecule has 5 nitrogen and oxygen atoms in total. The zero-order chi connectivity index (χ0) is 15.3. The van der Waals surface area contributed by atoms with Crippen LogP contribution in [0.25, 0.3) is 0 Å². The highest BCUT2D eigenvalue weighted by Crippen LogP contribution is 2.29. The van der Waals surface area contributed by atoms with Gasteiger partial charge < -0.3 is 15.8 Å². The second-order valence-corrected chi connectivity index (χ2v) is 6.04. The summed E-state index contributed by atoms with van der Waals surface area (Å²) in [6.45, 7) is 5.20. The maximum atomic E-state index is 12.1. The number of benzene rings is 1. The number of hydrogen-bond acceptors (Lipinski definition) is 4. The van der Waals surface area contributed by atoms with Gasteiger partial charge in [-0.2, -0.15) is 0 Å². The van der Waals surface area contributed by atoms with Crippen LogP contribution >= 0.6 is 0 Å². The highest BCUT2D eigenvalue weighted by Gasteiger charge is 2.29. The van der Waals surface area contributed by atoms with Crippen molar-refractivity contribution in [3.05, 3.63) is 24.3 Å². The molecule has 1 aliphatic heterocycles. The number of carbonyl (C=O) groups excluding carboxylic acids is 1. The van der Waals surface area contributed by atoms with Crippen molar-refractivity contribution in [1.82, 2.24) is 4.90 Å². The zero-order valence-electron chi connectivity index (χ0n) is 12.9. The van der Waals surface area contributed by atoms with E-state index >= 15 is 0 Å². The molecule has 1 heterocycles. The number of nitrogens with one attached hydrogen (secondary N) is 1. The third-order valence-corrected chi connectivity index (χ3v) is 4.30. The van der Waals surface area contributed by atoms with E-state index in [2.05, 4.69) is 17.1 Å². The maximum absolute atomic E-state index is 12.1. The Morgan fingerprint density at radius 1 is 1.38 bits per heavy atom. The van der Waals surface area contributed by atoms with E-state index < -0.39 is 0 Å². The van der Waals surface area contributed by atoms with Crippen molar-refractivity contribution < 1.29 is 9.53 Å². The van der Waals surface area contributed by atoms with Crippen LogP contribution in [0.2, 0.25) is 0 Å². The van der Waals surface area contributed by atoms with Crippen LogP contribution in [0.15, 0.2) is 24.3 Å². The first-order chi connectivity index (χ1) is 10.1. The lowest BCUT2D eigenvalue weighted by atomic mass is 9.80. The van der Waals surface area contributed by atoms with E-state index in [1.807, 2.05) is 24.3 Å². The lowest BCUT2D eigenvalue weighted by molar-refractivity contribution is -0.117. The van der Waals surface area contributed by atoms with Gasteiger partial charge in [0.1, 0.15) is 5.75 Å². The molecular formula is C16H25N3O2. The van der Waals surface area contributed by atoms with Gasteiger partial charge in [-0.25, -0.2) is 0 Å². The number of ether oxygens (including phenoxy) is 1. The molecule has 0 aliphatic carbocycles. The van der Waals surface area contributed by atoms with Gasteiger partial charge in [0, 0.05) is 0 Å². The summed E-state index contributed by atoms with van der Waals surface area (Å²) in [4.78, 5) is 14.3. The molecule has 2 rings (SSSR count). The number of amides is 1. The molecule has 1 fully saturated rings. The molecule has 116 valence electrons. The fraction of sp³-hybridized carbons (Fsp3) is 0.562. The Bertz CT molecular complexity index is 482. The predicted octanol–water partition coefficient (Wildman–Crippen LogP) is 1.69. The van der Waals surface area contributed by atoms with Crippen LogP contribution in [0.4, 0.5) is 5.69 Å². The van der Waals surface area contributed by atoms with Crippen LogP contribution in [0.3, 0.4) is 0 Å². The topological polar surface area (TPSA) is 67.6 Å². The van der Waals surface area contributed by atoms with E-state index in [9.17, 15) is 4.79 Å². The largest absolute Gasteiger partial charge is 0.495 e. The SMILES string of the molecule is COc1ccccc1NC(=O)CN1CCC(C)(CN)CC1. The second-order valence-electron chi connectivity index (χ2n) is 6.04. The fourth-order valence-electron chi connectivity index (χ4n) is 2.60. The van der Waals surface area contributed by atoms with Crippen LogP contribution < -0.4 is 15.8 Å². The van der Waals surface area contributed by atoms with E-state index in [4.69, 9.17) is 10.5 Å². The number of methoxy groups -OCH3 is 1. The monoisotopic (exact) mass is 291 g/mol. The number of likely N-dealkylation sites (tertiary alicyclic amines) is 1. The number of rotatable bonds is 5. The van der Waals surface area contributed by atoms with Crippen molar-refractivity contribution in [1.29, 1.82) is 0 Å². The van der Waals surface area contributed by atoms with Crippen molar-refractivity contribution in [3.63, 3.8) is 0 Å². The maximum Gasteiger partial charge on any atom is 0.238 e. The van der Waals surface area contributed by atoms with Crippen LogP contribution in [0.1, 0.15) is 19.8 Å². The molecule has 1 aromatic carbocycles. The van der Waals surface area contributed by atoms with Gasteiger partial charge in [0.05, 0.1) is 19.3 Å². The Hall–Kier alpha value is -1.59. The molecule has 3 N–H and O–H groups in total. The third-order valence-electron chi connectivity index (χ3n) is 4.30. The molecule has 0 atom stereocenters. The molecule has 0 aromatic heterocycles. The Balaban J connectivity index is 1.86. The summed E-state index contributed by atoms with van der Waals surface area (Å²) < 4.78 is 5.24. The average molecular weight is 291 g/mol. The molecule has 0 unspecified atom stereocenters. The first kappa shape index (κ1) is 15.8. The zero-order valence-corrected chi connectivity index (χ0v) is 12.9. The highest BCUT2D eigenvalue weighted by atomic mass is 16.5. The minimum atomic E-state index is -0.00384. The normalized spacial score (nSPS) is 18.2. The van der Waals surface area contributed by atoms with E-state index in [1.165, 1.54) is 0 Å². The molecule has 0 radical (unpaired) electrons. The fourth-order valence-corrected chi connectivity index (χ4v) is 2.60. The first-order valence-electron chi connectivity index (χ1n) is 7.41. The molecule has 1 aromatic rings. The van der Waals surface area contributed by atoms with E-state index in [0.717, 1.165) is 25.9 Å². The van der Waals surface area contributed by atoms with Gasteiger partial charge in [0.25, 0.3) is 0 Å². The lowest BCUT2D eigenvalue weighted by Gasteiger charge is -2.38. The van der Waals surface area contributed by atoms with Gasteiger partial charge >= 0.3 is 0 Å². The summed E-state index contributed by atoms with van der Waals surface area (Å²) in [5.41, 5.74) is 6.75. The van der Waals surface area contributed by atoms with Gasteiger partial charge in [-0.15, -0.1) is 0 Å². The van der Waals surface area contributed by atoms with E-state index in [1.54, 1.807) is 7.11 Å². The highest BCUT2D eigenvalue weighted by molar-refractivity contribution is 5.93. The van der Waals surface area contributed by atoms with Crippen LogP contribution in [0, 0.1) is 5.41 Å². The van der Waals surface area contributed by atoms with Crippen molar-refractivity contribution in [2.45, 2.75) is 19.8 Å². The Labute approximate surface area is 126 Å². The van der Waals surface area contributed by atoms with Gasteiger partial charge in [0.2, 0.25) is 5.91 Å². The molecule has 21 heavy (non-hydrogen) atoms. The van der Waals surface area contributed by atoms with Gasteiger partial charge in [-0.3, -0.25) is 9.69 Å². The summed E-state index contributed by atoms with van der Waals surface area (Å²) in [6.07, 6.45) is 2.09. The predicted molar refractivity (Wildman–Crippen MR) is 84.5 cm³/mol. The standard InChI is InChI=1S/C16H25N3O2/c1-16(12-17)7-9-19(10-8-16)11-15(20)18-13-5-3-4-6-14(13)21-2/h3-6H,7-12,17H2,1-2H3,(H,18,20). The van der Waals surface area contributed by atoms with Crippen molar-refractivity contribution in [2.75, 3.05) is 38.6 Å². The first-order valence-corrected chi connectivity index (χ1v) is 7.41. The summed E-state index contributed by atoms with van der Waals surface area (Å²) in [5, 5.41) is 2.91. The van der Waals surface area contributed by atoms with Gasteiger partial charge in [0.15, 0.2) is 0 Å². The minimum Gasteiger partial charge on any atom is -0.495 e. The molecule has 5 heteroatoms. The molecule has 0 spiro atoms. The summed E-state index contributed by atoms with van der Waals surface area (Å²) in [7, 11) is 1.60. The van der Waals surface area contributed by atoms with Crippen LogP contribution in [-0.4, -0.2) is 44.1 Å². The number of nitrogens with zero attached hydrogens (tertiary/aromatic N) is 1. The quantitative estimate of drug-likeness (QED) is 0.866. The molecule has 0 bridgehead atoms. The van der Waals surface area contributed by atoms with Crippen LogP contribution in [0.5, 0.6) is 5.75 Å². The van der Waals surface area contributed by atoms with Crippen molar-refractivity contribution >= 4 is 11.6 Å². The molecular weight excluding hydrogens is 266 g/mol. The number of anilines is 1. The second kappa shape index (κ2) is 6.91.